The number of halogens is 1. The number of hydrogen-bond acceptors (Lipinski definition) is 3. The number of nitrogens with two attached hydrogens (primary N) is 1. The van der Waals surface area contributed by atoms with Gasteiger partial charge >= 0.3 is 0 Å². The van der Waals surface area contributed by atoms with Gasteiger partial charge in [0.2, 0.25) is 0 Å². The van der Waals surface area contributed by atoms with Crippen LogP contribution in [0.5, 0.6) is 11.5 Å². The quantitative estimate of drug-likeness (QED) is 0.893. The van der Waals surface area contributed by atoms with Crippen molar-refractivity contribution in [3.8, 4) is 11.5 Å². The van der Waals surface area contributed by atoms with E-state index >= 15 is 0 Å². The smallest absolute Gasteiger partial charge is 0.164 e. The number of ether oxygens (including phenoxy) is 2. The van der Waals surface area contributed by atoms with Crippen LogP contribution in [-0.2, 0) is 6.42 Å². The molecule has 18 heavy (non-hydrogen) atoms. The van der Waals surface area contributed by atoms with Crippen molar-refractivity contribution in [2.24, 2.45) is 5.73 Å². The molecule has 4 heteroatoms. The molecule has 0 saturated heterocycles. The Morgan fingerprint density at radius 2 is 1.83 bits per heavy atom. The van der Waals surface area contributed by atoms with Crippen LogP contribution in [0, 0.1) is 0 Å². The molecule has 0 aromatic heterocycles. The van der Waals surface area contributed by atoms with E-state index in [1.54, 1.807) is 20.3 Å². The molecule has 1 atom stereocenters. The van der Waals surface area contributed by atoms with Gasteiger partial charge in [0.1, 0.15) is 0 Å². The summed E-state index contributed by atoms with van der Waals surface area (Å²) in [5.74, 6) is 1.72. The maximum absolute atomic E-state index is 6.34. The molecule has 3 nitrogen and oxygen atoms in total. The average Bonchev–Trinajstić information content (AvgIpc) is 2.29. The summed E-state index contributed by atoms with van der Waals surface area (Å²) >= 11 is 6.34. The molecule has 102 valence electrons. The number of methoxy groups -OCH3 is 2. The molecular weight excluding hydrogens is 250 g/mol. The van der Waals surface area contributed by atoms with Gasteiger partial charge in [-0.2, -0.15) is 0 Å². The summed E-state index contributed by atoms with van der Waals surface area (Å²) in [4.78, 5) is 0. The average molecular weight is 272 g/mol. The van der Waals surface area contributed by atoms with Gasteiger partial charge in [0.25, 0.3) is 0 Å². The van der Waals surface area contributed by atoms with Gasteiger partial charge in [-0.05, 0) is 24.8 Å². The van der Waals surface area contributed by atoms with Crippen LogP contribution in [-0.4, -0.2) is 20.3 Å². The Labute approximate surface area is 114 Å². The zero-order chi connectivity index (χ0) is 13.9. The fraction of sp³-hybridized carbons (Fsp3) is 0.571. The largest absolute Gasteiger partial charge is 0.493 e. The molecule has 0 spiro atoms. The van der Waals surface area contributed by atoms with Crippen LogP contribution in [0.25, 0.3) is 0 Å². The van der Waals surface area contributed by atoms with E-state index in [9.17, 15) is 0 Å². The molecule has 0 heterocycles. The van der Waals surface area contributed by atoms with Crippen molar-refractivity contribution in [3.63, 3.8) is 0 Å². The van der Waals surface area contributed by atoms with Crippen molar-refractivity contribution < 1.29 is 9.47 Å². The highest BCUT2D eigenvalue weighted by molar-refractivity contribution is 6.31. The first-order valence-corrected chi connectivity index (χ1v) is 6.48. The minimum Gasteiger partial charge on any atom is -0.493 e. The number of hydrogen-bond donors (Lipinski definition) is 1. The molecule has 1 rings (SSSR count). The number of benzene rings is 1. The van der Waals surface area contributed by atoms with Crippen molar-refractivity contribution in [2.45, 2.75) is 39.2 Å². The van der Waals surface area contributed by atoms with E-state index in [1.807, 2.05) is 6.92 Å². The molecular formula is C14H22ClNO2. The Morgan fingerprint density at radius 3 is 2.22 bits per heavy atom. The summed E-state index contributed by atoms with van der Waals surface area (Å²) in [5.41, 5.74) is 8.03. The Bertz CT molecular complexity index is 417. The topological polar surface area (TPSA) is 44.5 Å². The van der Waals surface area contributed by atoms with Gasteiger partial charge in [-0.1, -0.05) is 25.4 Å². The second kappa shape index (κ2) is 6.30. The second-order valence-electron chi connectivity index (χ2n) is 4.82. The van der Waals surface area contributed by atoms with Crippen molar-refractivity contribution in [1.82, 2.24) is 0 Å². The SMILES string of the molecule is COc1cc(Cl)c(CC(C)N)c(C(C)C)c1OC. The third kappa shape index (κ3) is 3.09. The van der Waals surface area contributed by atoms with Crippen molar-refractivity contribution in [2.75, 3.05) is 14.2 Å². The summed E-state index contributed by atoms with van der Waals surface area (Å²) in [6.45, 7) is 6.19. The molecule has 0 radical (unpaired) electrons. The van der Waals surface area contributed by atoms with Gasteiger partial charge in [-0.25, -0.2) is 0 Å². The molecule has 1 unspecified atom stereocenters. The fourth-order valence-corrected chi connectivity index (χ4v) is 2.45. The molecule has 0 aliphatic carbocycles. The lowest BCUT2D eigenvalue weighted by molar-refractivity contribution is 0.349. The Morgan fingerprint density at radius 1 is 1.22 bits per heavy atom. The summed E-state index contributed by atoms with van der Waals surface area (Å²) in [5, 5.41) is 0.689. The van der Waals surface area contributed by atoms with Gasteiger partial charge in [0, 0.05) is 22.7 Å². The highest BCUT2D eigenvalue weighted by Crippen LogP contribution is 2.42. The molecule has 1 aromatic carbocycles. The normalized spacial score (nSPS) is 12.7. The van der Waals surface area contributed by atoms with Crippen molar-refractivity contribution in [3.05, 3.63) is 22.2 Å². The summed E-state index contributed by atoms with van der Waals surface area (Å²) in [7, 11) is 3.26. The molecule has 0 bridgehead atoms. The van der Waals surface area contributed by atoms with E-state index in [-0.39, 0.29) is 6.04 Å². The standard InChI is InChI=1S/C14H22ClNO2/c1-8(2)13-10(6-9(3)16)11(15)7-12(17-4)14(13)18-5/h7-9H,6,16H2,1-5H3. The predicted molar refractivity (Wildman–Crippen MR) is 76.0 cm³/mol. The lowest BCUT2D eigenvalue weighted by Gasteiger charge is -2.21. The van der Waals surface area contributed by atoms with Crippen LogP contribution in [0.3, 0.4) is 0 Å². The van der Waals surface area contributed by atoms with Crippen LogP contribution in [0.2, 0.25) is 5.02 Å². The first kappa shape index (κ1) is 15.1. The van der Waals surface area contributed by atoms with Crippen LogP contribution in [0.15, 0.2) is 6.07 Å². The summed E-state index contributed by atoms with van der Waals surface area (Å²) in [6, 6.07) is 1.85. The minimum atomic E-state index is 0.0538. The zero-order valence-electron chi connectivity index (χ0n) is 11.7. The molecule has 0 fully saturated rings. The van der Waals surface area contributed by atoms with E-state index in [0.717, 1.165) is 23.3 Å². The molecule has 0 aliphatic rings. The summed E-state index contributed by atoms with van der Waals surface area (Å²) in [6.07, 6.45) is 0.729. The third-order valence-electron chi connectivity index (χ3n) is 2.87. The van der Waals surface area contributed by atoms with Crippen LogP contribution in [0.1, 0.15) is 37.8 Å². The monoisotopic (exact) mass is 271 g/mol. The highest BCUT2D eigenvalue weighted by Gasteiger charge is 2.21. The second-order valence-corrected chi connectivity index (χ2v) is 5.23. The number of rotatable bonds is 5. The highest BCUT2D eigenvalue weighted by atomic mass is 35.5. The van der Waals surface area contributed by atoms with Crippen LogP contribution in [0.4, 0.5) is 0 Å². The maximum atomic E-state index is 6.34. The molecule has 2 N–H and O–H groups in total. The zero-order valence-corrected chi connectivity index (χ0v) is 12.5. The summed E-state index contributed by atoms with van der Waals surface area (Å²) < 4.78 is 10.8. The van der Waals surface area contributed by atoms with Crippen LogP contribution < -0.4 is 15.2 Å². The Hall–Kier alpha value is -0.930. The maximum Gasteiger partial charge on any atom is 0.164 e. The Kier molecular flexibility index (Phi) is 5.29. The van der Waals surface area contributed by atoms with E-state index < -0.39 is 0 Å². The first-order chi connectivity index (χ1) is 8.42. The minimum absolute atomic E-state index is 0.0538. The fourth-order valence-electron chi connectivity index (χ4n) is 2.17. The molecule has 1 aromatic rings. The third-order valence-corrected chi connectivity index (χ3v) is 3.20. The van der Waals surface area contributed by atoms with Gasteiger partial charge in [-0.3, -0.25) is 0 Å². The van der Waals surface area contributed by atoms with Gasteiger partial charge in [-0.15, -0.1) is 0 Å². The Balaban J connectivity index is 3.48. The van der Waals surface area contributed by atoms with E-state index in [0.29, 0.717) is 16.7 Å². The van der Waals surface area contributed by atoms with Crippen molar-refractivity contribution >= 4 is 11.6 Å². The molecule has 0 amide bonds. The van der Waals surface area contributed by atoms with E-state index in [2.05, 4.69) is 13.8 Å². The molecule has 0 aliphatic heterocycles. The van der Waals surface area contributed by atoms with E-state index in [4.69, 9.17) is 26.8 Å². The van der Waals surface area contributed by atoms with Crippen LogP contribution >= 0.6 is 11.6 Å². The van der Waals surface area contributed by atoms with Gasteiger partial charge < -0.3 is 15.2 Å². The predicted octanol–water partition coefficient (Wildman–Crippen LogP) is 3.37. The molecule has 0 saturated carbocycles. The van der Waals surface area contributed by atoms with Crippen molar-refractivity contribution in [1.29, 1.82) is 0 Å². The lowest BCUT2D eigenvalue weighted by atomic mass is 9.92. The van der Waals surface area contributed by atoms with Gasteiger partial charge in [0.15, 0.2) is 11.5 Å². The lowest BCUT2D eigenvalue weighted by Crippen LogP contribution is -2.19. The first-order valence-electron chi connectivity index (χ1n) is 6.11. The van der Waals surface area contributed by atoms with Gasteiger partial charge in [0.05, 0.1) is 14.2 Å². The van der Waals surface area contributed by atoms with E-state index in [1.165, 1.54) is 0 Å².